The highest BCUT2D eigenvalue weighted by atomic mass is 32.2. The highest BCUT2D eigenvalue weighted by Gasteiger charge is 2.12. The first-order valence-electron chi connectivity index (χ1n) is 6.69. The van der Waals surface area contributed by atoms with Crippen LogP contribution >= 0.6 is 11.8 Å². The lowest BCUT2D eigenvalue weighted by atomic mass is 9.94. The normalized spacial score (nSPS) is 11.7. The fraction of sp³-hybridized carbons (Fsp3) is 0.412. The molecule has 2 rings (SSSR count). The van der Waals surface area contributed by atoms with Gasteiger partial charge in [-0.2, -0.15) is 0 Å². The number of benzene rings is 2. The van der Waals surface area contributed by atoms with Gasteiger partial charge in [-0.3, -0.25) is 0 Å². The standard InChI is InChI=1S/C17H22S/c1-11(2)16-10-13(5)17(18-12(3)4)15-9-7-6-8-14(15)16/h6-12H,1-5H3. The Kier molecular flexibility index (Phi) is 4.01. The molecular formula is C17H22S. The second kappa shape index (κ2) is 5.36. The summed E-state index contributed by atoms with van der Waals surface area (Å²) in [6, 6.07) is 11.2. The molecule has 0 aliphatic rings. The lowest BCUT2D eigenvalue weighted by molar-refractivity contribution is 0.873. The zero-order chi connectivity index (χ0) is 13.3. The fourth-order valence-corrected chi connectivity index (χ4v) is 3.41. The molecule has 0 saturated heterocycles. The third kappa shape index (κ3) is 2.56. The minimum atomic E-state index is 0.576. The van der Waals surface area contributed by atoms with Gasteiger partial charge in [0.1, 0.15) is 0 Å². The molecule has 0 bridgehead atoms. The van der Waals surface area contributed by atoms with Gasteiger partial charge in [0.25, 0.3) is 0 Å². The van der Waals surface area contributed by atoms with Crippen LogP contribution in [0.5, 0.6) is 0 Å². The van der Waals surface area contributed by atoms with Gasteiger partial charge in [-0.1, -0.05) is 58.0 Å². The van der Waals surface area contributed by atoms with Gasteiger partial charge in [-0.05, 0) is 34.7 Å². The number of aryl methyl sites for hydroxylation is 1. The lowest BCUT2D eigenvalue weighted by Gasteiger charge is -2.17. The summed E-state index contributed by atoms with van der Waals surface area (Å²) in [5.41, 5.74) is 2.88. The molecule has 0 aliphatic carbocycles. The molecule has 0 atom stereocenters. The largest absolute Gasteiger partial charge is 0.122 e. The van der Waals surface area contributed by atoms with Crippen LogP contribution in [-0.2, 0) is 0 Å². The zero-order valence-electron chi connectivity index (χ0n) is 11.9. The second-order valence-electron chi connectivity index (χ2n) is 5.48. The number of hydrogen-bond donors (Lipinski definition) is 0. The summed E-state index contributed by atoms with van der Waals surface area (Å²) < 4.78 is 0. The van der Waals surface area contributed by atoms with E-state index in [9.17, 15) is 0 Å². The molecule has 0 N–H and O–H groups in total. The monoisotopic (exact) mass is 258 g/mol. The molecular weight excluding hydrogens is 236 g/mol. The van der Waals surface area contributed by atoms with E-state index >= 15 is 0 Å². The zero-order valence-corrected chi connectivity index (χ0v) is 12.8. The SMILES string of the molecule is Cc1cc(C(C)C)c2ccccc2c1SC(C)C. The highest BCUT2D eigenvalue weighted by Crippen LogP contribution is 2.37. The first-order chi connectivity index (χ1) is 8.50. The predicted molar refractivity (Wildman–Crippen MR) is 83.8 cm³/mol. The third-order valence-electron chi connectivity index (χ3n) is 3.19. The van der Waals surface area contributed by atoms with Crippen molar-refractivity contribution in [1.29, 1.82) is 0 Å². The van der Waals surface area contributed by atoms with Crippen LogP contribution in [0.2, 0.25) is 0 Å². The molecule has 0 nitrogen and oxygen atoms in total. The van der Waals surface area contributed by atoms with E-state index in [4.69, 9.17) is 0 Å². The van der Waals surface area contributed by atoms with Crippen LogP contribution in [0.15, 0.2) is 35.2 Å². The molecule has 2 aromatic carbocycles. The quantitative estimate of drug-likeness (QED) is 0.629. The topological polar surface area (TPSA) is 0 Å². The molecule has 0 aliphatic heterocycles. The van der Waals surface area contributed by atoms with Gasteiger partial charge in [0.05, 0.1) is 0 Å². The van der Waals surface area contributed by atoms with E-state index in [1.165, 1.54) is 26.8 Å². The molecule has 2 aromatic rings. The van der Waals surface area contributed by atoms with Gasteiger partial charge in [0.2, 0.25) is 0 Å². The van der Waals surface area contributed by atoms with E-state index < -0.39 is 0 Å². The maximum Gasteiger partial charge on any atom is 0.0182 e. The maximum absolute atomic E-state index is 2.37. The number of hydrogen-bond acceptors (Lipinski definition) is 1. The highest BCUT2D eigenvalue weighted by molar-refractivity contribution is 8.00. The maximum atomic E-state index is 2.37. The molecule has 18 heavy (non-hydrogen) atoms. The first kappa shape index (κ1) is 13.5. The minimum absolute atomic E-state index is 0.576. The van der Waals surface area contributed by atoms with Gasteiger partial charge in [-0.15, -0.1) is 11.8 Å². The van der Waals surface area contributed by atoms with Crippen LogP contribution in [0.25, 0.3) is 10.8 Å². The van der Waals surface area contributed by atoms with Crippen molar-refractivity contribution < 1.29 is 0 Å². The van der Waals surface area contributed by atoms with Crippen LogP contribution in [-0.4, -0.2) is 5.25 Å². The van der Waals surface area contributed by atoms with Gasteiger partial charge < -0.3 is 0 Å². The summed E-state index contributed by atoms with van der Waals surface area (Å²) in [6.07, 6.45) is 0. The van der Waals surface area contributed by atoms with Gasteiger partial charge in [0, 0.05) is 10.1 Å². The molecule has 0 fully saturated rings. The van der Waals surface area contributed by atoms with Crippen molar-refractivity contribution in [3.63, 3.8) is 0 Å². The molecule has 0 aromatic heterocycles. The Labute approximate surface area is 115 Å². The molecule has 0 saturated carbocycles. The average molecular weight is 258 g/mol. The van der Waals surface area contributed by atoms with E-state index in [0.29, 0.717) is 11.2 Å². The van der Waals surface area contributed by atoms with Crippen molar-refractivity contribution in [3.05, 3.63) is 41.5 Å². The van der Waals surface area contributed by atoms with Crippen LogP contribution in [0, 0.1) is 6.92 Å². The van der Waals surface area contributed by atoms with Crippen molar-refractivity contribution >= 4 is 22.5 Å². The number of thioether (sulfide) groups is 1. The number of fused-ring (bicyclic) bond motifs is 1. The van der Waals surface area contributed by atoms with Crippen molar-refractivity contribution in [1.82, 2.24) is 0 Å². The Bertz CT molecular complexity index is 553. The summed E-state index contributed by atoms with van der Waals surface area (Å²) in [5.74, 6) is 0.576. The first-order valence-corrected chi connectivity index (χ1v) is 7.57. The molecule has 0 heterocycles. The summed E-state index contributed by atoms with van der Waals surface area (Å²) >= 11 is 1.97. The van der Waals surface area contributed by atoms with Crippen LogP contribution < -0.4 is 0 Å². The lowest BCUT2D eigenvalue weighted by Crippen LogP contribution is -1.96. The summed E-state index contributed by atoms with van der Waals surface area (Å²) in [6.45, 7) is 11.3. The van der Waals surface area contributed by atoms with E-state index in [1.807, 2.05) is 11.8 Å². The smallest absolute Gasteiger partial charge is 0.0182 e. The van der Waals surface area contributed by atoms with Crippen molar-refractivity contribution in [3.8, 4) is 0 Å². The van der Waals surface area contributed by atoms with E-state index in [1.54, 1.807) is 0 Å². The molecule has 96 valence electrons. The third-order valence-corrected chi connectivity index (χ3v) is 4.44. The Morgan fingerprint density at radius 3 is 2.11 bits per heavy atom. The number of rotatable bonds is 3. The summed E-state index contributed by atoms with van der Waals surface area (Å²) in [4.78, 5) is 1.45. The van der Waals surface area contributed by atoms with Crippen LogP contribution in [0.3, 0.4) is 0 Å². The van der Waals surface area contributed by atoms with Gasteiger partial charge in [0.15, 0.2) is 0 Å². The van der Waals surface area contributed by atoms with Crippen molar-refractivity contribution in [2.75, 3.05) is 0 Å². The molecule has 0 unspecified atom stereocenters. The Morgan fingerprint density at radius 1 is 0.944 bits per heavy atom. The Balaban J connectivity index is 2.73. The van der Waals surface area contributed by atoms with Crippen LogP contribution in [0.1, 0.15) is 44.7 Å². The average Bonchev–Trinajstić information content (AvgIpc) is 2.31. The Hall–Kier alpha value is -0.950. The van der Waals surface area contributed by atoms with Crippen molar-refractivity contribution in [2.24, 2.45) is 0 Å². The molecule has 0 radical (unpaired) electrons. The van der Waals surface area contributed by atoms with Crippen molar-refractivity contribution in [2.45, 2.75) is 50.7 Å². The van der Waals surface area contributed by atoms with Gasteiger partial charge >= 0.3 is 0 Å². The van der Waals surface area contributed by atoms with Crippen LogP contribution in [0.4, 0.5) is 0 Å². The minimum Gasteiger partial charge on any atom is -0.122 e. The summed E-state index contributed by atoms with van der Waals surface area (Å²) in [7, 11) is 0. The Morgan fingerprint density at radius 2 is 1.56 bits per heavy atom. The molecule has 0 amide bonds. The second-order valence-corrected chi connectivity index (χ2v) is 7.07. The fourth-order valence-electron chi connectivity index (χ4n) is 2.39. The van der Waals surface area contributed by atoms with E-state index in [-0.39, 0.29) is 0 Å². The summed E-state index contributed by atoms with van der Waals surface area (Å²) in [5, 5.41) is 3.46. The molecule has 0 spiro atoms. The molecule has 1 heteroatoms. The van der Waals surface area contributed by atoms with Gasteiger partial charge in [-0.25, -0.2) is 0 Å². The van der Waals surface area contributed by atoms with E-state index in [2.05, 4.69) is 65.0 Å². The van der Waals surface area contributed by atoms with E-state index in [0.717, 1.165) is 0 Å². The predicted octanol–water partition coefficient (Wildman–Crippen LogP) is 5.77.